The number of aliphatic hydroxyl groups excluding tert-OH is 2. The van der Waals surface area contributed by atoms with Crippen molar-refractivity contribution in [2.75, 3.05) is 6.54 Å². The zero-order valence-electron chi connectivity index (χ0n) is 24.7. The van der Waals surface area contributed by atoms with Crippen molar-refractivity contribution in [1.82, 2.24) is 10.0 Å². The third-order valence-electron chi connectivity index (χ3n) is 12.8. The van der Waals surface area contributed by atoms with Crippen LogP contribution in [0.4, 0.5) is 4.79 Å². The van der Waals surface area contributed by atoms with Gasteiger partial charge in [0.1, 0.15) is 0 Å². The van der Waals surface area contributed by atoms with Crippen LogP contribution in [0.2, 0.25) is 0 Å². The van der Waals surface area contributed by atoms with Gasteiger partial charge in [-0.25, -0.2) is 17.9 Å². The number of amides is 2. The number of fused-ring (bicyclic) bond motifs is 3. The molecule has 0 aromatic heterocycles. The summed E-state index contributed by atoms with van der Waals surface area (Å²) in [6.07, 6.45) is 12.5. The highest BCUT2D eigenvalue weighted by Gasteiger charge is 2.64. The fourth-order valence-electron chi connectivity index (χ4n) is 10.8. The minimum atomic E-state index is -3.51. The second kappa shape index (κ2) is 11.1. The van der Waals surface area contributed by atoms with E-state index in [0.717, 1.165) is 44.9 Å². The predicted octanol–water partition coefficient (Wildman–Crippen LogP) is 5.21. The van der Waals surface area contributed by atoms with Crippen LogP contribution in [-0.2, 0) is 10.0 Å². The molecule has 5 fully saturated rings. The van der Waals surface area contributed by atoms with Crippen molar-refractivity contribution in [3.63, 3.8) is 0 Å². The molecule has 4 N–H and O–H groups in total. The maximum Gasteiger partial charge on any atom is 0.328 e. The Bertz CT molecular complexity index is 1000. The van der Waals surface area contributed by atoms with Crippen molar-refractivity contribution < 1.29 is 23.4 Å². The fraction of sp³-hybridized carbons (Fsp3) is 0.968. The Morgan fingerprint density at radius 1 is 1.08 bits per heavy atom. The van der Waals surface area contributed by atoms with E-state index in [2.05, 4.69) is 37.7 Å². The minimum Gasteiger partial charge on any atom is -0.393 e. The van der Waals surface area contributed by atoms with Gasteiger partial charge < -0.3 is 15.5 Å². The fourth-order valence-corrected chi connectivity index (χ4v) is 12.1. The van der Waals surface area contributed by atoms with Crippen molar-refractivity contribution in [1.29, 1.82) is 0 Å². The maximum absolute atomic E-state index is 12.1. The van der Waals surface area contributed by atoms with Crippen LogP contribution in [0.5, 0.6) is 0 Å². The monoisotopic (exact) mass is 566 g/mol. The zero-order valence-corrected chi connectivity index (χ0v) is 25.5. The number of hydrogen-bond acceptors (Lipinski definition) is 5. The van der Waals surface area contributed by atoms with Gasteiger partial charge in [0, 0.05) is 6.54 Å². The second-order valence-corrected chi connectivity index (χ2v) is 16.5. The van der Waals surface area contributed by atoms with E-state index >= 15 is 0 Å². The molecule has 2 amide bonds. The van der Waals surface area contributed by atoms with Gasteiger partial charge in [-0.05, 0) is 123 Å². The molecule has 0 heterocycles. The van der Waals surface area contributed by atoms with E-state index < -0.39 is 21.3 Å². The molecule has 0 saturated heterocycles. The quantitative estimate of drug-likeness (QED) is 0.301. The molecular weight excluding hydrogens is 512 g/mol. The van der Waals surface area contributed by atoms with E-state index in [0.29, 0.717) is 54.9 Å². The molecule has 3 unspecified atom stereocenters. The molecular formula is C31H54N2O5S. The summed E-state index contributed by atoms with van der Waals surface area (Å²) in [5, 5.41) is 25.1. The van der Waals surface area contributed by atoms with Crippen LogP contribution in [0.25, 0.3) is 0 Å². The topological polar surface area (TPSA) is 116 Å². The lowest BCUT2D eigenvalue weighted by molar-refractivity contribution is -0.200. The number of sulfonamides is 1. The molecule has 0 aliphatic heterocycles. The lowest BCUT2D eigenvalue weighted by Crippen LogP contribution is -2.61. The lowest BCUT2D eigenvalue weighted by Gasteiger charge is -2.64. The van der Waals surface area contributed by atoms with Crippen LogP contribution in [0.15, 0.2) is 0 Å². The third kappa shape index (κ3) is 5.29. The molecule has 5 aliphatic carbocycles. The first kappa shape index (κ1) is 29.6. The number of carbonyl (C=O) groups is 1. The third-order valence-corrected chi connectivity index (χ3v) is 14.6. The summed E-state index contributed by atoms with van der Waals surface area (Å²) in [7, 11) is -3.51. The number of carbonyl (C=O) groups excluding carboxylic acids is 1. The maximum atomic E-state index is 12.1. The van der Waals surface area contributed by atoms with E-state index in [1.54, 1.807) is 0 Å². The van der Waals surface area contributed by atoms with Gasteiger partial charge >= 0.3 is 6.03 Å². The smallest absolute Gasteiger partial charge is 0.328 e. The summed E-state index contributed by atoms with van der Waals surface area (Å²) < 4.78 is 26.1. The highest BCUT2D eigenvalue weighted by atomic mass is 32.2. The van der Waals surface area contributed by atoms with Crippen LogP contribution in [0.1, 0.15) is 111 Å². The second-order valence-electron chi connectivity index (χ2n) is 14.6. The molecule has 7 nitrogen and oxygen atoms in total. The van der Waals surface area contributed by atoms with Crippen LogP contribution in [0.3, 0.4) is 0 Å². The zero-order chi connectivity index (χ0) is 28.2. The van der Waals surface area contributed by atoms with Crippen molar-refractivity contribution in [2.45, 2.75) is 129 Å². The van der Waals surface area contributed by atoms with Gasteiger partial charge in [-0.2, -0.15) is 0 Å². The van der Waals surface area contributed by atoms with E-state index in [9.17, 15) is 23.4 Å². The summed E-state index contributed by atoms with van der Waals surface area (Å²) in [6, 6.07) is -0.602. The van der Waals surface area contributed by atoms with Gasteiger partial charge in [0.2, 0.25) is 10.0 Å². The molecule has 0 aromatic carbocycles. The molecule has 0 aromatic rings. The van der Waals surface area contributed by atoms with Gasteiger partial charge in [0.25, 0.3) is 0 Å². The average molecular weight is 567 g/mol. The molecule has 39 heavy (non-hydrogen) atoms. The lowest BCUT2D eigenvalue weighted by atomic mass is 9.42. The largest absolute Gasteiger partial charge is 0.393 e. The van der Waals surface area contributed by atoms with Crippen molar-refractivity contribution >= 4 is 16.1 Å². The number of hydrogen-bond donors (Lipinski definition) is 4. The predicted molar refractivity (Wildman–Crippen MR) is 153 cm³/mol. The molecule has 11 atom stereocenters. The highest BCUT2D eigenvalue weighted by Crippen LogP contribution is 2.68. The Kier molecular flexibility index (Phi) is 8.42. The summed E-state index contributed by atoms with van der Waals surface area (Å²) >= 11 is 0. The Labute approximate surface area is 236 Å². The van der Waals surface area contributed by atoms with Crippen LogP contribution >= 0.6 is 0 Å². The molecule has 0 radical (unpaired) electrons. The Morgan fingerprint density at radius 3 is 2.49 bits per heavy atom. The van der Waals surface area contributed by atoms with Crippen LogP contribution < -0.4 is 10.0 Å². The number of urea groups is 1. The summed E-state index contributed by atoms with van der Waals surface area (Å²) in [5.74, 6) is 3.44. The molecule has 5 aliphatic rings. The summed E-state index contributed by atoms with van der Waals surface area (Å²) in [5.41, 5.74) is 0.322. The van der Waals surface area contributed by atoms with Crippen molar-refractivity contribution in [3.05, 3.63) is 0 Å². The van der Waals surface area contributed by atoms with E-state index in [1.807, 2.05) is 0 Å². The normalized spacial score (nSPS) is 44.9. The molecule has 8 heteroatoms. The van der Waals surface area contributed by atoms with E-state index in [4.69, 9.17) is 0 Å². The van der Waals surface area contributed by atoms with Crippen molar-refractivity contribution in [2.24, 2.45) is 52.3 Å². The molecule has 224 valence electrons. The molecule has 5 saturated carbocycles. The van der Waals surface area contributed by atoms with E-state index in [-0.39, 0.29) is 29.0 Å². The van der Waals surface area contributed by atoms with Gasteiger partial charge in [-0.3, -0.25) is 0 Å². The first-order valence-corrected chi connectivity index (χ1v) is 17.6. The standard InChI is InChI=1S/C31H54N2O5S/c1-5-24-28(35)27-23(20(3)31(24)15-6-9-21(34)18-31)14-16-30(4)25(12-13-26(27)30)19(2)8-7-17-32-29(36)33-39(37,38)22-10-11-22/h19-28,34-35H,5-18H2,1-4H3,(H2,32,33,36)/t19-,20?,21-,23-,24+,25-,26+,27-,28-,30?,31?/m1/s1. The van der Waals surface area contributed by atoms with Crippen molar-refractivity contribution in [3.8, 4) is 0 Å². The number of aliphatic hydroxyl groups is 2. The van der Waals surface area contributed by atoms with Gasteiger partial charge in [-0.1, -0.05) is 40.5 Å². The first-order valence-electron chi connectivity index (χ1n) is 16.1. The Hall–Kier alpha value is -0.860. The first-order chi connectivity index (χ1) is 18.4. The minimum absolute atomic E-state index is 0.0866. The van der Waals surface area contributed by atoms with Gasteiger partial charge in [0.15, 0.2) is 0 Å². The van der Waals surface area contributed by atoms with E-state index in [1.165, 1.54) is 25.7 Å². The molecule has 5 rings (SSSR count). The Balaban J connectivity index is 1.20. The van der Waals surface area contributed by atoms with Crippen LogP contribution in [-0.4, -0.2) is 48.7 Å². The SMILES string of the molecule is CC[C@H]1[C@@H](O)[C@@H]2[C@H](CCC3(C)[C@@H]([C@H](C)CCCNC(=O)NS(=O)(=O)C4CC4)CC[C@@H]23)C(C)C12CCC[C@@H](O)C2. The summed E-state index contributed by atoms with van der Waals surface area (Å²) in [6.45, 7) is 10.1. The molecule has 0 bridgehead atoms. The average Bonchev–Trinajstić information content (AvgIpc) is 3.68. The van der Waals surface area contributed by atoms with Crippen LogP contribution in [0, 0.1) is 52.3 Å². The number of nitrogens with one attached hydrogen (secondary N) is 2. The Morgan fingerprint density at radius 2 is 1.82 bits per heavy atom. The summed E-state index contributed by atoms with van der Waals surface area (Å²) in [4.78, 5) is 12.1. The van der Waals surface area contributed by atoms with Gasteiger partial charge in [0.05, 0.1) is 17.5 Å². The molecule has 1 spiro atoms. The highest BCUT2D eigenvalue weighted by molar-refractivity contribution is 7.90. The van der Waals surface area contributed by atoms with Gasteiger partial charge in [-0.15, -0.1) is 0 Å². The number of rotatable bonds is 8.